The Kier molecular flexibility index (Phi) is 2.74. The maximum Gasteiger partial charge on any atom is 0.263 e. The number of hydroxylamine groups is 2. The maximum atomic E-state index is 11.9. The molecule has 0 aromatic carbocycles. The molecule has 2 rings (SSSR count). The van der Waals surface area contributed by atoms with Crippen LogP contribution < -0.4 is 5.32 Å². The summed E-state index contributed by atoms with van der Waals surface area (Å²) in [6.45, 7) is 0.999. The van der Waals surface area contributed by atoms with E-state index in [1.165, 1.54) is 31.4 Å². The van der Waals surface area contributed by atoms with E-state index < -0.39 is 0 Å². The number of carbonyl (C=O) groups excluding carboxylic acids is 1. The summed E-state index contributed by atoms with van der Waals surface area (Å²) >= 11 is 0. The van der Waals surface area contributed by atoms with Gasteiger partial charge in [-0.2, -0.15) is 0 Å². The minimum Gasteiger partial charge on any atom is -0.305 e. The second-order valence-electron chi connectivity index (χ2n) is 4.26. The van der Waals surface area contributed by atoms with Crippen LogP contribution in [0.2, 0.25) is 0 Å². The van der Waals surface area contributed by atoms with E-state index in [9.17, 15) is 4.79 Å². The lowest BCUT2D eigenvalue weighted by Gasteiger charge is -2.22. The van der Waals surface area contributed by atoms with Crippen molar-refractivity contribution in [3.8, 4) is 0 Å². The summed E-state index contributed by atoms with van der Waals surface area (Å²) < 4.78 is 0. The summed E-state index contributed by atoms with van der Waals surface area (Å²) in [7, 11) is 3.20. The van der Waals surface area contributed by atoms with E-state index in [0.717, 1.165) is 6.54 Å². The van der Waals surface area contributed by atoms with Gasteiger partial charge in [0.05, 0.1) is 13.2 Å². The van der Waals surface area contributed by atoms with E-state index in [-0.39, 0.29) is 11.9 Å². The number of amides is 1. The summed E-state index contributed by atoms with van der Waals surface area (Å²) in [5, 5.41) is 4.63. The van der Waals surface area contributed by atoms with Crippen LogP contribution in [0.1, 0.15) is 19.3 Å². The molecule has 1 N–H and O–H groups in total. The van der Waals surface area contributed by atoms with Crippen molar-refractivity contribution >= 4 is 5.91 Å². The van der Waals surface area contributed by atoms with Gasteiger partial charge in [0.15, 0.2) is 0 Å². The first kappa shape index (κ1) is 9.93. The first-order valence-electron chi connectivity index (χ1n) is 5.29. The quantitative estimate of drug-likeness (QED) is 0.653. The van der Waals surface area contributed by atoms with Crippen molar-refractivity contribution < 1.29 is 9.63 Å². The molecule has 0 radical (unpaired) electrons. The maximum absolute atomic E-state index is 11.9. The number of hydrogen-bond donors (Lipinski definition) is 1. The number of hydrogen-bond acceptors (Lipinski definition) is 3. The van der Waals surface area contributed by atoms with E-state index in [0.29, 0.717) is 11.8 Å². The highest BCUT2D eigenvalue weighted by Gasteiger charge is 2.43. The SMILES string of the molecule is CON(C)C(=O)[C@H]1NCC2CCCC21. The summed E-state index contributed by atoms with van der Waals surface area (Å²) in [4.78, 5) is 16.8. The number of likely N-dealkylation sites (N-methyl/N-ethyl adjacent to an activating group) is 1. The second-order valence-corrected chi connectivity index (χ2v) is 4.26. The fraction of sp³-hybridized carbons (Fsp3) is 0.900. The highest BCUT2D eigenvalue weighted by atomic mass is 16.7. The molecular weight excluding hydrogens is 180 g/mol. The second kappa shape index (κ2) is 3.87. The Morgan fingerprint density at radius 3 is 3.00 bits per heavy atom. The minimum absolute atomic E-state index is 0.00699. The largest absolute Gasteiger partial charge is 0.305 e. The topological polar surface area (TPSA) is 41.6 Å². The molecule has 14 heavy (non-hydrogen) atoms. The summed E-state index contributed by atoms with van der Waals surface area (Å²) in [5.74, 6) is 1.33. The molecule has 0 aromatic heterocycles. The lowest BCUT2D eigenvalue weighted by molar-refractivity contribution is -0.171. The number of carbonyl (C=O) groups is 1. The van der Waals surface area contributed by atoms with Crippen LogP contribution in [0.4, 0.5) is 0 Å². The van der Waals surface area contributed by atoms with Crippen molar-refractivity contribution in [2.24, 2.45) is 11.8 Å². The predicted octanol–water partition coefficient (Wildman–Crippen LogP) is 0.394. The molecule has 1 saturated heterocycles. The van der Waals surface area contributed by atoms with Gasteiger partial charge < -0.3 is 5.32 Å². The average molecular weight is 198 g/mol. The van der Waals surface area contributed by atoms with Crippen molar-refractivity contribution in [3.05, 3.63) is 0 Å². The first-order valence-corrected chi connectivity index (χ1v) is 5.29. The smallest absolute Gasteiger partial charge is 0.263 e. The molecule has 1 amide bonds. The molecule has 0 aromatic rings. The molecule has 2 unspecified atom stereocenters. The van der Waals surface area contributed by atoms with E-state index in [1.54, 1.807) is 7.05 Å². The molecule has 4 nitrogen and oxygen atoms in total. The Morgan fingerprint density at radius 2 is 2.29 bits per heavy atom. The van der Waals surface area contributed by atoms with E-state index in [4.69, 9.17) is 4.84 Å². The summed E-state index contributed by atoms with van der Waals surface area (Å²) in [5.41, 5.74) is 0. The third-order valence-electron chi connectivity index (χ3n) is 3.60. The van der Waals surface area contributed by atoms with Crippen molar-refractivity contribution in [2.45, 2.75) is 25.3 Å². The fourth-order valence-corrected chi connectivity index (χ4v) is 2.74. The van der Waals surface area contributed by atoms with Crippen LogP contribution in [0.5, 0.6) is 0 Å². The van der Waals surface area contributed by atoms with E-state index in [2.05, 4.69) is 5.32 Å². The van der Waals surface area contributed by atoms with Crippen LogP contribution in [0.15, 0.2) is 0 Å². The molecule has 0 bridgehead atoms. The van der Waals surface area contributed by atoms with Gasteiger partial charge in [0.25, 0.3) is 5.91 Å². The predicted molar refractivity (Wildman–Crippen MR) is 52.4 cm³/mol. The lowest BCUT2D eigenvalue weighted by atomic mass is 9.94. The molecule has 1 aliphatic heterocycles. The Balaban J connectivity index is 2.01. The lowest BCUT2D eigenvalue weighted by Crippen LogP contribution is -2.44. The summed E-state index contributed by atoms with van der Waals surface area (Å²) in [6, 6.07) is -0.00699. The number of fused-ring (bicyclic) bond motifs is 1. The van der Waals surface area contributed by atoms with Crippen LogP contribution in [0.3, 0.4) is 0 Å². The van der Waals surface area contributed by atoms with Crippen LogP contribution >= 0.6 is 0 Å². The number of nitrogens with one attached hydrogen (secondary N) is 1. The third-order valence-corrected chi connectivity index (χ3v) is 3.60. The zero-order chi connectivity index (χ0) is 10.1. The van der Waals surface area contributed by atoms with Gasteiger partial charge in [-0.1, -0.05) is 6.42 Å². The van der Waals surface area contributed by atoms with Crippen LogP contribution in [-0.2, 0) is 9.63 Å². The first-order chi connectivity index (χ1) is 6.74. The van der Waals surface area contributed by atoms with Crippen LogP contribution in [-0.4, -0.2) is 37.7 Å². The fourth-order valence-electron chi connectivity index (χ4n) is 2.74. The zero-order valence-electron chi connectivity index (χ0n) is 8.82. The number of rotatable bonds is 2. The summed E-state index contributed by atoms with van der Waals surface area (Å²) in [6.07, 6.45) is 3.74. The molecule has 4 heteroatoms. The van der Waals surface area contributed by atoms with Gasteiger partial charge in [-0.25, -0.2) is 5.06 Å². The third kappa shape index (κ3) is 1.53. The zero-order valence-corrected chi connectivity index (χ0v) is 8.82. The molecule has 1 heterocycles. The monoisotopic (exact) mass is 198 g/mol. The molecular formula is C10H18N2O2. The van der Waals surface area contributed by atoms with Crippen LogP contribution in [0.25, 0.3) is 0 Å². The number of nitrogens with zero attached hydrogens (tertiary/aromatic N) is 1. The average Bonchev–Trinajstić information content (AvgIpc) is 2.76. The van der Waals surface area contributed by atoms with Gasteiger partial charge >= 0.3 is 0 Å². The molecule has 1 saturated carbocycles. The van der Waals surface area contributed by atoms with Gasteiger partial charge in [0.2, 0.25) is 0 Å². The van der Waals surface area contributed by atoms with Gasteiger partial charge in [-0.05, 0) is 31.2 Å². The van der Waals surface area contributed by atoms with Gasteiger partial charge in [-0.3, -0.25) is 9.63 Å². The van der Waals surface area contributed by atoms with Crippen molar-refractivity contribution in [1.29, 1.82) is 0 Å². The molecule has 1 aliphatic carbocycles. The molecule has 2 fully saturated rings. The molecule has 3 atom stereocenters. The van der Waals surface area contributed by atoms with Gasteiger partial charge in [0, 0.05) is 7.05 Å². The normalized spacial score (nSPS) is 35.7. The van der Waals surface area contributed by atoms with E-state index in [1.807, 2.05) is 0 Å². The Bertz CT molecular complexity index is 232. The highest BCUT2D eigenvalue weighted by molar-refractivity contribution is 5.81. The van der Waals surface area contributed by atoms with Gasteiger partial charge in [0.1, 0.15) is 0 Å². The molecule has 2 aliphatic rings. The molecule has 0 spiro atoms. The Hall–Kier alpha value is -0.610. The molecule has 80 valence electrons. The Morgan fingerprint density at radius 1 is 1.50 bits per heavy atom. The minimum atomic E-state index is -0.00699. The van der Waals surface area contributed by atoms with E-state index >= 15 is 0 Å². The van der Waals surface area contributed by atoms with Crippen molar-refractivity contribution in [3.63, 3.8) is 0 Å². The van der Waals surface area contributed by atoms with Crippen molar-refractivity contribution in [1.82, 2.24) is 10.4 Å². The van der Waals surface area contributed by atoms with Crippen molar-refractivity contribution in [2.75, 3.05) is 20.7 Å². The standard InChI is InChI=1S/C10H18N2O2/c1-12(14-2)10(13)9-8-5-3-4-7(8)6-11-9/h7-9,11H,3-6H2,1-2H3/t7?,8?,9-/m0/s1. The highest BCUT2D eigenvalue weighted by Crippen LogP contribution is 2.38. The Labute approximate surface area is 84.6 Å². The van der Waals surface area contributed by atoms with Gasteiger partial charge in [-0.15, -0.1) is 0 Å². The van der Waals surface area contributed by atoms with Crippen LogP contribution in [0, 0.1) is 11.8 Å².